The Hall–Kier alpha value is -2.02. The van der Waals surface area contributed by atoms with Crippen LogP contribution in [0.2, 0.25) is 0 Å². The van der Waals surface area contributed by atoms with Crippen LogP contribution in [0, 0.1) is 11.3 Å². The number of benzene rings is 1. The number of nitriles is 1. The molecule has 0 aliphatic heterocycles. The Morgan fingerprint density at radius 2 is 1.85 bits per heavy atom. The van der Waals surface area contributed by atoms with Gasteiger partial charge in [-0.2, -0.15) is 5.26 Å². The van der Waals surface area contributed by atoms with E-state index in [0.717, 1.165) is 5.69 Å². The topological polar surface area (TPSA) is 47.3 Å². The number of hydrogen-bond acceptors (Lipinski definition) is 3. The van der Waals surface area contributed by atoms with Crippen LogP contribution >= 0.6 is 0 Å². The van der Waals surface area contributed by atoms with Crippen molar-refractivity contribution in [2.24, 2.45) is 0 Å². The third-order valence-corrected chi connectivity index (χ3v) is 3.45. The van der Waals surface area contributed by atoms with E-state index in [9.17, 15) is 4.79 Å². The van der Waals surface area contributed by atoms with Crippen molar-refractivity contribution in [3.8, 4) is 6.07 Å². The average Bonchev–Trinajstić information content (AvgIpc) is 2.49. The number of carbonyl (C=O) groups excluding carboxylic acids is 1. The highest BCUT2D eigenvalue weighted by Crippen LogP contribution is 2.18. The van der Waals surface area contributed by atoms with E-state index in [2.05, 4.69) is 6.07 Å². The fourth-order valence-corrected chi connectivity index (χ4v) is 2.27. The lowest BCUT2D eigenvalue weighted by Crippen LogP contribution is -2.47. The fraction of sp³-hybridized carbons (Fsp3) is 0.500. The molecule has 0 heterocycles. The van der Waals surface area contributed by atoms with E-state index in [0.29, 0.717) is 26.1 Å². The van der Waals surface area contributed by atoms with Crippen LogP contribution in [0.15, 0.2) is 30.3 Å². The van der Waals surface area contributed by atoms with Crippen molar-refractivity contribution in [1.29, 1.82) is 5.26 Å². The van der Waals surface area contributed by atoms with E-state index < -0.39 is 0 Å². The summed E-state index contributed by atoms with van der Waals surface area (Å²) in [5.41, 5.74) is 0.982. The van der Waals surface area contributed by atoms with Gasteiger partial charge in [-0.3, -0.25) is 4.79 Å². The first-order valence-corrected chi connectivity index (χ1v) is 7.13. The number of carbonyl (C=O) groups is 1. The summed E-state index contributed by atoms with van der Waals surface area (Å²) in [7, 11) is 0. The number of rotatable bonds is 7. The highest BCUT2D eigenvalue weighted by atomic mass is 16.2. The summed E-state index contributed by atoms with van der Waals surface area (Å²) in [6, 6.07) is 11.7. The molecule has 0 fully saturated rings. The number of hydrogen-bond donors (Lipinski definition) is 0. The Kier molecular flexibility index (Phi) is 6.58. The van der Waals surface area contributed by atoms with E-state index in [1.54, 1.807) is 0 Å². The van der Waals surface area contributed by atoms with Gasteiger partial charge >= 0.3 is 0 Å². The summed E-state index contributed by atoms with van der Waals surface area (Å²) in [5, 5.41) is 8.81. The first-order valence-electron chi connectivity index (χ1n) is 7.13. The molecule has 1 atom stereocenters. The van der Waals surface area contributed by atoms with Gasteiger partial charge in [0.25, 0.3) is 0 Å². The van der Waals surface area contributed by atoms with E-state index >= 15 is 0 Å². The average molecular weight is 273 g/mol. The molecule has 1 aromatic rings. The lowest BCUT2D eigenvalue weighted by Gasteiger charge is -2.33. The molecular formula is C16H23N3O. The minimum atomic E-state index is -0.259. The van der Waals surface area contributed by atoms with Crippen LogP contribution < -0.4 is 4.90 Å². The van der Waals surface area contributed by atoms with Crippen molar-refractivity contribution < 1.29 is 4.79 Å². The third kappa shape index (κ3) is 3.99. The van der Waals surface area contributed by atoms with Gasteiger partial charge in [-0.15, -0.1) is 0 Å². The Labute approximate surface area is 121 Å². The van der Waals surface area contributed by atoms with Gasteiger partial charge in [0.05, 0.1) is 12.5 Å². The molecule has 4 nitrogen and oxygen atoms in total. The van der Waals surface area contributed by atoms with Crippen molar-refractivity contribution >= 4 is 11.6 Å². The van der Waals surface area contributed by atoms with Crippen LogP contribution in [-0.4, -0.2) is 36.5 Å². The van der Waals surface area contributed by atoms with Crippen LogP contribution in [0.1, 0.15) is 27.2 Å². The van der Waals surface area contributed by atoms with Crippen molar-refractivity contribution in [3.05, 3.63) is 30.3 Å². The Morgan fingerprint density at radius 1 is 1.25 bits per heavy atom. The Bertz CT molecular complexity index is 449. The van der Waals surface area contributed by atoms with Gasteiger partial charge in [0.15, 0.2) is 0 Å². The summed E-state index contributed by atoms with van der Waals surface area (Å²) in [6.45, 7) is 7.85. The predicted molar refractivity (Wildman–Crippen MR) is 81.4 cm³/mol. The van der Waals surface area contributed by atoms with Crippen molar-refractivity contribution in [2.75, 3.05) is 24.5 Å². The number of anilines is 1. The molecule has 0 spiro atoms. The maximum absolute atomic E-state index is 12.5. The van der Waals surface area contributed by atoms with Crippen LogP contribution in [0.4, 0.5) is 5.69 Å². The van der Waals surface area contributed by atoms with Crippen molar-refractivity contribution in [3.63, 3.8) is 0 Å². The molecule has 1 unspecified atom stereocenters. The van der Waals surface area contributed by atoms with Gasteiger partial charge in [0.2, 0.25) is 5.91 Å². The first kappa shape index (κ1) is 16.0. The number of amides is 1. The zero-order chi connectivity index (χ0) is 15.0. The smallest absolute Gasteiger partial charge is 0.244 e. The molecule has 0 N–H and O–H groups in total. The molecule has 0 bridgehead atoms. The van der Waals surface area contributed by atoms with E-state index in [4.69, 9.17) is 5.26 Å². The minimum Gasteiger partial charge on any atom is -0.359 e. The quantitative estimate of drug-likeness (QED) is 0.767. The molecule has 1 rings (SSSR count). The maximum Gasteiger partial charge on any atom is 0.244 e. The zero-order valence-corrected chi connectivity index (χ0v) is 12.5. The lowest BCUT2D eigenvalue weighted by atomic mass is 10.2. The van der Waals surface area contributed by atoms with Gasteiger partial charge in [0.1, 0.15) is 6.04 Å². The molecule has 0 aromatic heterocycles. The van der Waals surface area contributed by atoms with E-state index in [1.165, 1.54) is 0 Å². The molecule has 20 heavy (non-hydrogen) atoms. The Morgan fingerprint density at radius 3 is 2.35 bits per heavy atom. The highest BCUT2D eigenvalue weighted by molar-refractivity contribution is 5.85. The molecule has 1 aromatic carbocycles. The predicted octanol–water partition coefficient (Wildman–Crippen LogP) is 2.66. The summed E-state index contributed by atoms with van der Waals surface area (Å²) in [4.78, 5) is 16.3. The molecule has 108 valence electrons. The number of likely N-dealkylation sites (N-methyl/N-ethyl adjacent to an activating group) is 1. The molecule has 0 radical (unpaired) electrons. The minimum absolute atomic E-state index is 0.108. The first-order chi connectivity index (χ1) is 9.65. The molecule has 0 aliphatic carbocycles. The van der Waals surface area contributed by atoms with Crippen LogP contribution in [0.25, 0.3) is 0 Å². The summed E-state index contributed by atoms with van der Waals surface area (Å²) >= 11 is 0. The van der Waals surface area contributed by atoms with Crippen LogP contribution in [0.5, 0.6) is 0 Å². The second-order valence-electron chi connectivity index (χ2n) is 4.62. The van der Waals surface area contributed by atoms with Crippen LogP contribution in [0.3, 0.4) is 0 Å². The normalized spacial score (nSPS) is 11.5. The second-order valence-corrected chi connectivity index (χ2v) is 4.62. The molecule has 0 saturated heterocycles. The monoisotopic (exact) mass is 273 g/mol. The van der Waals surface area contributed by atoms with Gasteiger partial charge < -0.3 is 9.80 Å². The fourth-order valence-electron chi connectivity index (χ4n) is 2.27. The maximum atomic E-state index is 12.5. The second kappa shape index (κ2) is 8.21. The van der Waals surface area contributed by atoms with Gasteiger partial charge in [-0.1, -0.05) is 18.2 Å². The highest BCUT2D eigenvalue weighted by Gasteiger charge is 2.24. The number of para-hydroxylation sites is 1. The molecule has 4 heteroatoms. The summed E-state index contributed by atoms with van der Waals surface area (Å²) in [5.74, 6) is 0.108. The zero-order valence-electron chi connectivity index (χ0n) is 12.5. The SMILES string of the molecule is CCN(CC)C(=O)C(C)N(CCC#N)c1ccccc1. The van der Waals surface area contributed by atoms with Gasteiger partial charge in [-0.25, -0.2) is 0 Å². The molecular weight excluding hydrogens is 250 g/mol. The molecule has 0 aliphatic rings. The van der Waals surface area contributed by atoms with Gasteiger partial charge in [0, 0.05) is 25.3 Å². The van der Waals surface area contributed by atoms with E-state index in [1.807, 2.05) is 60.9 Å². The van der Waals surface area contributed by atoms with Crippen molar-refractivity contribution in [1.82, 2.24) is 4.90 Å². The summed E-state index contributed by atoms with van der Waals surface area (Å²) < 4.78 is 0. The Balaban J connectivity index is 2.93. The number of nitrogens with zero attached hydrogens (tertiary/aromatic N) is 3. The molecule has 1 amide bonds. The lowest BCUT2D eigenvalue weighted by molar-refractivity contribution is -0.131. The van der Waals surface area contributed by atoms with Gasteiger partial charge in [-0.05, 0) is 32.9 Å². The van der Waals surface area contributed by atoms with Crippen molar-refractivity contribution in [2.45, 2.75) is 33.2 Å². The van der Waals surface area contributed by atoms with Crippen LogP contribution in [-0.2, 0) is 4.79 Å². The van der Waals surface area contributed by atoms with E-state index in [-0.39, 0.29) is 11.9 Å². The third-order valence-electron chi connectivity index (χ3n) is 3.45. The summed E-state index contributed by atoms with van der Waals surface area (Å²) in [6.07, 6.45) is 0.408. The molecule has 0 saturated carbocycles. The largest absolute Gasteiger partial charge is 0.359 e. The standard InChI is InChI=1S/C16H23N3O/c1-4-18(5-2)16(20)14(3)19(13-9-12-17)15-10-7-6-8-11-15/h6-8,10-11,14H,4-5,9,13H2,1-3H3.